The van der Waals surface area contributed by atoms with Crippen molar-refractivity contribution in [2.75, 3.05) is 0 Å². The number of pyridine rings is 2. The van der Waals surface area contributed by atoms with E-state index in [0.717, 1.165) is 79.5 Å². The Morgan fingerprint density at radius 1 is 0.435 bits per heavy atom. The molecular weight excluding hydrogens is 793 g/mol. The average molecular weight is 827 g/mol. The topological polar surface area (TPSA) is 135 Å². The van der Waals surface area contributed by atoms with Gasteiger partial charge in [-0.05, 0) is 97.8 Å². The van der Waals surface area contributed by atoms with Crippen LogP contribution in [0.2, 0.25) is 0 Å². The second-order valence-electron chi connectivity index (χ2n) is 14.5. The van der Waals surface area contributed by atoms with E-state index in [9.17, 15) is 17.6 Å². The number of rotatable bonds is 8. The molecule has 0 saturated carbocycles. The van der Waals surface area contributed by atoms with Crippen molar-refractivity contribution in [1.82, 2.24) is 49.8 Å². The summed E-state index contributed by atoms with van der Waals surface area (Å²) in [4.78, 5) is 42.8. The quantitative estimate of drug-likeness (QED) is 0.145. The summed E-state index contributed by atoms with van der Waals surface area (Å²) in [5.74, 6) is -1.77. The summed E-state index contributed by atoms with van der Waals surface area (Å²) >= 11 is 0. The number of fused-ring (bicyclic) bond motifs is 2. The second kappa shape index (κ2) is 16.9. The number of nitrogens with zero attached hydrogens (tertiary/aromatic N) is 8. The molecule has 0 bridgehead atoms. The summed E-state index contributed by atoms with van der Waals surface area (Å²) in [6, 6.07) is 30.4. The average Bonchev–Trinajstić information content (AvgIpc) is 3.89. The number of aryl methyl sites for hydroxylation is 2. The third kappa shape index (κ3) is 8.66. The number of aromatic amines is 2. The molecule has 0 saturated heterocycles. The highest BCUT2D eigenvalue weighted by molar-refractivity contribution is 5.86. The molecule has 0 aliphatic rings. The van der Waals surface area contributed by atoms with Gasteiger partial charge in [0.1, 0.15) is 23.3 Å². The molecule has 0 aliphatic heterocycles. The predicted octanol–water partition coefficient (Wildman–Crippen LogP) is 10.5. The maximum absolute atomic E-state index is 13.7. The molecule has 0 unspecified atom stereocenters. The predicted molar refractivity (Wildman–Crippen MR) is 229 cm³/mol. The molecule has 0 spiro atoms. The van der Waals surface area contributed by atoms with E-state index in [1.54, 1.807) is 30.9 Å². The van der Waals surface area contributed by atoms with Crippen LogP contribution in [0.25, 0.3) is 67.4 Å². The van der Waals surface area contributed by atoms with E-state index in [1.807, 2.05) is 86.6 Å². The Morgan fingerprint density at radius 2 is 0.919 bits per heavy atom. The molecular formula is C48H34F4N10. The van der Waals surface area contributed by atoms with Gasteiger partial charge in [-0.1, -0.05) is 30.3 Å². The molecule has 0 fully saturated rings. The van der Waals surface area contributed by atoms with Gasteiger partial charge in [-0.15, -0.1) is 0 Å². The molecule has 0 amide bonds. The van der Waals surface area contributed by atoms with Crippen molar-refractivity contribution in [2.24, 2.45) is 0 Å². The summed E-state index contributed by atoms with van der Waals surface area (Å²) in [6.07, 6.45) is 7.16. The summed E-state index contributed by atoms with van der Waals surface area (Å²) in [5.41, 5.74) is 12.0. The third-order valence-corrected chi connectivity index (χ3v) is 9.93. The highest BCUT2D eigenvalue weighted by Crippen LogP contribution is 2.33. The first-order valence-corrected chi connectivity index (χ1v) is 19.5. The monoisotopic (exact) mass is 826 g/mol. The molecule has 0 atom stereocenters. The van der Waals surface area contributed by atoms with Gasteiger partial charge in [-0.3, -0.25) is 29.9 Å². The zero-order valence-electron chi connectivity index (χ0n) is 33.2. The van der Waals surface area contributed by atoms with Crippen molar-refractivity contribution < 1.29 is 17.6 Å². The van der Waals surface area contributed by atoms with Crippen molar-refractivity contribution in [2.45, 2.75) is 26.7 Å². The van der Waals surface area contributed by atoms with Gasteiger partial charge in [-0.25, -0.2) is 27.5 Å². The van der Waals surface area contributed by atoms with Crippen LogP contribution in [-0.2, 0) is 12.8 Å². The van der Waals surface area contributed by atoms with Gasteiger partial charge in [0.2, 0.25) is 0 Å². The number of aromatic nitrogens is 10. The van der Waals surface area contributed by atoms with Crippen LogP contribution >= 0.6 is 0 Å². The van der Waals surface area contributed by atoms with E-state index >= 15 is 0 Å². The fourth-order valence-corrected chi connectivity index (χ4v) is 7.14. The minimum atomic E-state index is -0.877. The fraction of sp³-hybridized carbons (Fsp3) is 0.0833. The SMILES string of the molecule is Cc1cccc(-c2[nH]c(Cc3cc(F)cc(F)c3)nc2-c2ccc3nccnc3c2)n1.Cc1cccc(-c2[nH]c(Cc3ccc(F)c(F)c3)nc2-c2ccc3nccnc3c2)n1. The van der Waals surface area contributed by atoms with Crippen molar-refractivity contribution in [3.8, 4) is 45.3 Å². The molecule has 6 aromatic heterocycles. The van der Waals surface area contributed by atoms with E-state index in [1.165, 1.54) is 18.2 Å². The molecule has 62 heavy (non-hydrogen) atoms. The highest BCUT2D eigenvalue weighted by atomic mass is 19.2. The Bertz CT molecular complexity index is 3230. The van der Waals surface area contributed by atoms with Gasteiger partial charge < -0.3 is 9.97 Å². The van der Waals surface area contributed by atoms with Crippen molar-refractivity contribution >= 4 is 22.1 Å². The third-order valence-electron chi connectivity index (χ3n) is 9.93. The minimum Gasteiger partial charge on any atom is -0.340 e. The minimum absolute atomic E-state index is 0.251. The van der Waals surface area contributed by atoms with Crippen LogP contribution in [0.5, 0.6) is 0 Å². The summed E-state index contributed by atoms with van der Waals surface area (Å²) < 4.78 is 54.2. The lowest BCUT2D eigenvalue weighted by molar-refractivity contribution is 0.507. The van der Waals surface area contributed by atoms with Gasteiger partial charge in [0.25, 0.3) is 0 Å². The maximum Gasteiger partial charge on any atom is 0.159 e. The molecule has 2 N–H and O–H groups in total. The zero-order chi connectivity index (χ0) is 42.7. The first kappa shape index (κ1) is 39.5. The fourth-order valence-electron chi connectivity index (χ4n) is 7.14. The number of H-pyrrole nitrogens is 2. The first-order valence-electron chi connectivity index (χ1n) is 19.5. The van der Waals surface area contributed by atoms with Gasteiger partial charge in [-0.2, -0.15) is 0 Å². The van der Waals surface area contributed by atoms with Crippen molar-refractivity contribution in [3.05, 3.63) is 191 Å². The van der Waals surface area contributed by atoms with Gasteiger partial charge in [0.05, 0.1) is 56.2 Å². The molecule has 6 heterocycles. The largest absolute Gasteiger partial charge is 0.340 e. The molecule has 14 heteroatoms. The van der Waals surface area contributed by atoms with Gasteiger partial charge in [0, 0.05) is 66.2 Å². The Morgan fingerprint density at radius 3 is 1.40 bits per heavy atom. The van der Waals surface area contributed by atoms with Crippen LogP contribution in [0.15, 0.2) is 134 Å². The smallest absolute Gasteiger partial charge is 0.159 e. The van der Waals surface area contributed by atoms with Crippen molar-refractivity contribution in [1.29, 1.82) is 0 Å². The highest BCUT2D eigenvalue weighted by Gasteiger charge is 2.19. The van der Waals surface area contributed by atoms with Crippen molar-refractivity contribution in [3.63, 3.8) is 0 Å². The molecule has 10 rings (SSSR count). The molecule has 0 radical (unpaired) electrons. The Kier molecular flexibility index (Phi) is 10.8. The zero-order valence-corrected chi connectivity index (χ0v) is 33.2. The summed E-state index contributed by atoms with van der Waals surface area (Å²) in [6.45, 7) is 3.84. The molecule has 4 aromatic carbocycles. The van der Waals surface area contributed by atoms with Crippen LogP contribution in [0.3, 0.4) is 0 Å². The second-order valence-corrected chi connectivity index (χ2v) is 14.5. The van der Waals surface area contributed by atoms with E-state index in [-0.39, 0.29) is 6.42 Å². The Hall–Kier alpha value is -8.00. The van der Waals surface area contributed by atoms with E-state index in [0.29, 0.717) is 40.6 Å². The number of benzene rings is 4. The molecule has 10 nitrogen and oxygen atoms in total. The van der Waals surface area contributed by atoms with Crippen LogP contribution in [0.4, 0.5) is 17.6 Å². The van der Waals surface area contributed by atoms with Gasteiger partial charge >= 0.3 is 0 Å². The standard InChI is InChI=1S/2C24H17F2N5/c1-14-3-2-4-20(29-14)24-23(16-6-8-19-21(13-16)28-10-9-27-19)30-22(31-24)12-15-5-7-17(25)18(26)11-15;1-14-3-2-4-20(29-14)24-23(16-5-6-19-21(12-16)28-8-7-27-19)30-22(31-24)11-15-9-17(25)13-18(26)10-15/h2-11,13H,12H2,1H3,(H,30,31);2-10,12-13H,11H2,1H3,(H,30,31). The number of hydrogen-bond donors (Lipinski definition) is 2. The molecule has 10 aromatic rings. The lowest BCUT2D eigenvalue weighted by Gasteiger charge is -2.04. The van der Waals surface area contributed by atoms with Crippen LogP contribution in [0, 0.1) is 37.1 Å². The summed E-state index contributed by atoms with van der Waals surface area (Å²) in [7, 11) is 0. The van der Waals surface area contributed by atoms with Crippen LogP contribution in [0.1, 0.15) is 34.2 Å². The van der Waals surface area contributed by atoms with E-state index in [4.69, 9.17) is 9.97 Å². The van der Waals surface area contributed by atoms with Gasteiger partial charge in [0.15, 0.2) is 11.6 Å². The number of halogens is 4. The van der Waals surface area contributed by atoms with Crippen LogP contribution < -0.4 is 0 Å². The Balaban J connectivity index is 0.000000158. The van der Waals surface area contributed by atoms with E-state index < -0.39 is 23.3 Å². The normalized spacial score (nSPS) is 11.2. The lowest BCUT2D eigenvalue weighted by atomic mass is 10.1. The lowest BCUT2D eigenvalue weighted by Crippen LogP contribution is -1.94. The number of nitrogens with one attached hydrogen (secondary N) is 2. The van der Waals surface area contributed by atoms with E-state index in [2.05, 4.69) is 39.9 Å². The summed E-state index contributed by atoms with van der Waals surface area (Å²) in [5, 5.41) is 0. The van der Waals surface area contributed by atoms with Crippen LogP contribution in [-0.4, -0.2) is 49.8 Å². The maximum atomic E-state index is 13.7. The molecule has 304 valence electrons. The number of hydrogen-bond acceptors (Lipinski definition) is 8. The first-order chi connectivity index (χ1) is 30.1. The molecule has 0 aliphatic carbocycles. The Labute approximate surface area is 351 Å². The number of imidazole rings is 2.